The molecule has 4 heterocycles. The number of ether oxygens (including phenoxy) is 1. The predicted molar refractivity (Wildman–Crippen MR) is 164 cm³/mol. The van der Waals surface area contributed by atoms with Crippen LogP contribution in [0.1, 0.15) is 6.92 Å². The van der Waals surface area contributed by atoms with Crippen LogP contribution in [0.4, 0.5) is 32.5 Å². The number of rotatable bonds is 6. The molecule has 14 heteroatoms. The number of nitrogens with one attached hydrogen (secondary N) is 3. The van der Waals surface area contributed by atoms with Crippen molar-refractivity contribution in [1.82, 2.24) is 34.8 Å². The number of piperazine rings is 1. The van der Waals surface area contributed by atoms with E-state index < -0.39 is 0 Å². The Morgan fingerprint density at radius 3 is 2.05 bits per heavy atom. The number of carbonyl (C=O) groups is 2. The first-order valence-electron chi connectivity index (χ1n) is 14.4. The van der Waals surface area contributed by atoms with Crippen LogP contribution in [0.15, 0.2) is 48.5 Å². The van der Waals surface area contributed by atoms with E-state index in [1.54, 1.807) is 33.8 Å². The van der Waals surface area contributed by atoms with Crippen molar-refractivity contribution in [1.29, 1.82) is 0 Å². The minimum absolute atomic E-state index is 0.120. The average Bonchev–Trinajstić information content (AvgIpc) is 3.46. The quantitative estimate of drug-likeness (QED) is 0.311. The molecule has 0 bridgehead atoms. The van der Waals surface area contributed by atoms with Crippen LogP contribution in [0.3, 0.4) is 0 Å². The SMILES string of the molecule is CCn1nnc2c(N3CCOCC3)nc(-c3ccc(NC(=O)Nc4ccc(NC(=O)N5CCN(C)CC5)cc4)cc3)nc21. The van der Waals surface area contributed by atoms with Gasteiger partial charge in [-0.3, -0.25) is 0 Å². The summed E-state index contributed by atoms with van der Waals surface area (Å²) in [5.41, 5.74) is 4.05. The molecule has 2 aliphatic heterocycles. The van der Waals surface area contributed by atoms with E-state index in [0.29, 0.717) is 66.9 Å². The second-order valence-corrected chi connectivity index (χ2v) is 10.5. The van der Waals surface area contributed by atoms with Gasteiger partial charge >= 0.3 is 12.1 Å². The maximum Gasteiger partial charge on any atom is 0.323 e. The zero-order chi connectivity index (χ0) is 29.8. The van der Waals surface area contributed by atoms with Gasteiger partial charge in [0.25, 0.3) is 0 Å². The minimum atomic E-state index is -0.382. The number of fused-ring (bicyclic) bond motifs is 1. The summed E-state index contributed by atoms with van der Waals surface area (Å²) in [7, 11) is 2.05. The molecule has 0 unspecified atom stereocenters. The summed E-state index contributed by atoms with van der Waals surface area (Å²) in [4.78, 5) is 41.0. The van der Waals surface area contributed by atoms with Crippen LogP contribution in [0, 0.1) is 0 Å². The lowest BCUT2D eigenvalue weighted by molar-refractivity contribution is 0.122. The number of aryl methyl sites for hydroxylation is 1. The Morgan fingerprint density at radius 1 is 0.814 bits per heavy atom. The normalized spacial score (nSPS) is 15.9. The van der Waals surface area contributed by atoms with Crippen LogP contribution in [0.5, 0.6) is 0 Å². The number of nitrogens with zero attached hydrogens (tertiary/aromatic N) is 8. The van der Waals surface area contributed by atoms with Gasteiger partial charge in [0.1, 0.15) is 0 Å². The third-order valence-corrected chi connectivity index (χ3v) is 7.54. The molecule has 0 radical (unpaired) electrons. The van der Waals surface area contributed by atoms with Gasteiger partial charge in [0.05, 0.1) is 13.2 Å². The van der Waals surface area contributed by atoms with Crippen LogP contribution >= 0.6 is 0 Å². The van der Waals surface area contributed by atoms with Gasteiger partial charge in [-0.05, 0) is 62.5 Å². The molecular formula is C29H35N11O3. The first kappa shape index (κ1) is 28.3. The van der Waals surface area contributed by atoms with E-state index in [1.165, 1.54) is 0 Å². The van der Waals surface area contributed by atoms with Crippen molar-refractivity contribution in [2.24, 2.45) is 0 Å². The number of carbonyl (C=O) groups excluding carboxylic acids is 2. The molecule has 2 aromatic heterocycles. The van der Waals surface area contributed by atoms with Crippen molar-refractivity contribution in [3.05, 3.63) is 48.5 Å². The van der Waals surface area contributed by atoms with E-state index in [0.717, 1.165) is 37.6 Å². The summed E-state index contributed by atoms with van der Waals surface area (Å²) < 4.78 is 7.28. The fraction of sp³-hybridized carbons (Fsp3) is 0.379. The minimum Gasteiger partial charge on any atom is -0.378 e. The Balaban J connectivity index is 1.09. The zero-order valence-corrected chi connectivity index (χ0v) is 24.3. The molecule has 0 spiro atoms. The molecule has 4 amide bonds. The number of likely N-dealkylation sites (N-methyl/N-ethyl adjacent to an activating group) is 1. The molecule has 2 aliphatic rings. The Labute approximate surface area is 249 Å². The molecule has 0 saturated carbocycles. The van der Waals surface area contributed by atoms with E-state index in [2.05, 4.69) is 36.1 Å². The predicted octanol–water partition coefficient (Wildman–Crippen LogP) is 3.17. The van der Waals surface area contributed by atoms with E-state index in [9.17, 15) is 9.59 Å². The summed E-state index contributed by atoms with van der Waals surface area (Å²) in [5, 5.41) is 17.2. The van der Waals surface area contributed by atoms with Crippen molar-refractivity contribution >= 4 is 46.1 Å². The molecule has 6 rings (SSSR count). The van der Waals surface area contributed by atoms with Gasteiger partial charge in [0.2, 0.25) is 0 Å². The van der Waals surface area contributed by atoms with Gasteiger partial charge in [-0.1, -0.05) is 5.21 Å². The van der Waals surface area contributed by atoms with Gasteiger partial charge in [0, 0.05) is 68.4 Å². The van der Waals surface area contributed by atoms with Crippen molar-refractivity contribution < 1.29 is 14.3 Å². The summed E-state index contributed by atoms with van der Waals surface area (Å²) in [5.74, 6) is 1.30. The number of anilines is 4. The highest BCUT2D eigenvalue weighted by Gasteiger charge is 2.22. The molecule has 0 aliphatic carbocycles. The van der Waals surface area contributed by atoms with Crippen LogP contribution in [0.25, 0.3) is 22.6 Å². The second-order valence-electron chi connectivity index (χ2n) is 10.5. The number of aromatic nitrogens is 5. The lowest BCUT2D eigenvalue weighted by Gasteiger charge is -2.32. The molecule has 4 aromatic rings. The van der Waals surface area contributed by atoms with Gasteiger partial charge < -0.3 is 35.4 Å². The van der Waals surface area contributed by atoms with E-state index >= 15 is 0 Å². The largest absolute Gasteiger partial charge is 0.378 e. The molecule has 43 heavy (non-hydrogen) atoms. The number of hydrogen-bond donors (Lipinski definition) is 3. The number of hydrogen-bond acceptors (Lipinski definition) is 9. The maximum absolute atomic E-state index is 12.7. The summed E-state index contributed by atoms with van der Waals surface area (Å²) >= 11 is 0. The molecule has 14 nitrogen and oxygen atoms in total. The first-order chi connectivity index (χ1) is 21.0. The smallest absolute Gasteiger partial charge is 0.323 e. The van der Waals surface area contributed by atoms with Gasteiger partial charge in [-0.2, -0.15) is 0 Å². The molecule has 0 atom stereocenters. The summed E-state index contributed by atoms with van der Waals surface area (Å²) in [6, 6.07) is 13.9. The van der Waals surface area contributed by atoms with Gasteiger partial charge in [-0.15, -0.1) is 5.10 Å². The Morgan fingerprint density at radius 2 is 1.42 bits per heavy atom. The van der Waals surface area contributed by atoms with Crippen molar-refractivity contribution in [2.75, 3.05) is 80.4 Å². The third kappa shape index (κ3) is 6.49. The van der Waals surface area contributed by atoms with Crippen molar-refractivity contribution in [2.45, 2.75) is 13.5 Å². The molecule has 2 fully saturated rings. The lowest BCUT2D eigenvalue weighted by Crippen LogP contribution is -2.48. The van der Waals surface area contributed by atoms with E-state index in [-0.39, 0.29) is 12.1 Å². The number of benzene rings is 2. The van der Waals surface area contributed by atoms with Gasteiger partial charge in [0.15, 0.2) is 22.8 Å². The second kappa shape index (κ2) is 12.6. The van der Waals surface area contributed by atoms with Crippen LogP contribution in [-0.2, 0) is 11.3 Å². The van der Waals surface area contributed by atoms with Crippen LogP contribution < -0.4 is 20.9 Å². The fourth-order valence-electron chi connectivity index (χ4n) is 5.02. The summed E-state index contributed by atoms with van der Waals surface area (Å²) in [6.07, 6.45) is 0. The van der Waals surface area contributed by atoms with Crippen LogP contribution in [-0.4, -0.2) is 106 Å². The lowest BCUT2D eigenvalue weighted by atomic mass is 10.2. The number of urea groups is 2. The molecular weight excluding hydrogens is 550 g/mol. The fourth-order valence-corrected chi connectivity index (χ4v) is 5.02. The third-order valence-electron chi connectivity index (χ3n) is 7.54. The van der Waals surface area contributed by atoms with Crippen molar-refractivity contribution in [3.8, 4) is 11.4 Å². The van der Waals surface area contributed by atoms with Gasteiger partial charge in [-0.25, -0.2) is 24.2 Å². The van der Waals surface area contributed by atoms with E-state index in [1.807, 2.05) is 38.2 Å². The first-order valence-corrected chi connectivity index (χ1v) is 14.4. The highest BCUT2D eigenvalue weighted by atomic mass is 16.5. The maximum atomic E-state index is 12.7. The van der Waals surface area contributed by atoms with Crippen molar-refractivity contribution in [3.63, 3.8) is 0 Å². The van der Waals surface area contributed by atoms with E-state index in [4.69, 9.17) is 14.7 Å². The average molecular weight is 586 g/mol. The number of morpholine rings is 1. The molecule has 224 valence electrons. The standard InChI is InChI=1S/C29H35N11O3/c1-3-40-27-24(35-36-40)26(38-16-18-43-19-17-38)33-25(34-27)20-4-6-21(7-5-20)30-28(41)31-22-8-10-23(11-9-22)32-29(42)39-14-12-37(2)13-15-39/h4-11H,3,12-19H2,1-2H3,(H,32,42)(H2,30,31,41). The topological polar surface area (TPSA) is 146 Å². The zero-order valence-electron chi connectivity index (χ0n) is 24.3. The highest BCUT2D eigenvalue weighted by molar-refractivity contribution is 6.00. The molecule has 2 saturated heterocycles. The summed E-state index contributed by atoms with van der Waals surface area (Å²) in [6.45, 7) is 8.44. The highest BCUT2D eigenvalue weighted by Crippen LogP contribution is 2.27. The van der Waals surface area contributed by atoms with Crippen LogP contribution in [0.2, 0.25) is 0 Å². The molecule has 2 aromatic carbocycles. The monoisotopic (exact) mass is 585 g/mol. The Kier molecular flexibility index (Phi) is 8.29. The molecule has 3 N–H and O–H groups in total. The Bertz CT molecular complexity index is 1580. The number of amides is 4. The Hall–Kier alpha value is -4.82.